The third-order valence-electron chi connectivity index (χ3n) is 3.78. The zero-order valence-corrected chi connectivity index (χ0v) is 15.2. The number of hydrogen-bond donors (Lipinski definition) is 4. The number of ether oxygens (including phenoxy) is 1. The fourth-order valence-electron chi connectivity index (χ4n) is 2.41. The topological polar surface area (TPSA) is 141 Å². The predicted molar refractivity (Wildman–Crippen MR) is 101 cm³/mol. The van der Waals surface area contributed by atoms with E-state index in [9.17, 15) is 4.79 Å². The van der Waals surface area contributed by atoms with E-state index in [0.717, 1.165) is 12.8 Å². The molecule has 0 bridgehead atoms. The molecule has 0 aromatic carbocycles. The van der Waals surface area contributed by atoms with Gasteiger partial charge in [-0.1, -0.05) is 13.3 Å². The van der Waals surface area contributed by atoms with E-state index in [1.165, 1.54) is 13.3 Å². The van der Waals surface area contributed by atoms with Crippen molar-refractivity contribution in [3.63, 3.8) is 0 Å². The Balaban J connectivity index is 2.28. The van der Waals surface area contributed by atoms with Crippen molar-refractivity contribution >= 4 is 23.2 Å². The second kappa shape index (κ2) is 8.95. The third kappa shape index (κ3) is 5.03. The number of pyridine rings is 1. The van der Waals surface area contributed by atoms with E-state index in [-0.39, 0.29) is 23.6 Å². The van der Waals surface area contributed by atoms with Crippen molar-refractivity contribution in [2.24, 2.45) is 11.5 Å². The first-order valence-electron chi connectivity index (χ1n) is 8.40. The van der Waals surface area contributed by atoms with E-state index < -0.39 is 5.91 Å². The van der Waals surface area contributed by atoms with Crippen LogP contribution >= 0.6 is 0 Å². The summed E-state index contributed by atoms with van der Waals surface area (Å²) in [5.41, 5.74) is 12.1. The number of carbonyl (C=O) groups excluding carboxylic acids is 1. The van der Waals surface area contributed by atoms with Crippen molar-refractivity contribution in [1.82, 2.24) is 15.0 Å². The molecule has 26 heavy (non-hydrogen) atoms. The lowest BCUT2D eigenvalue weighted by atomic mass is 10.1. The van der Waals surface area contributed by atoms with Crippen molar-refractivity contribution in [2.75, 3.05) is 17.7 Å². The quantitative estimate of drug-likeness (QED) is 0.529. The number of methoxy groups -OCH3 is 1. The van der Waals surface area contributed by atoms with Crippen LogP contribution in [0.4, 0.5) is 17.3 Å². The molecule has 2 heterocycles. The average molecular weight is 359 g/mol. The molecule has 2 atom stereocenters. The lowest BCUT2D eigenvalue weighted by Crippen LogP contribution is -2.38. The number of nitrogens with zero attached hydrogens (tertiary/aromatic N) is 3. The van der Waals surface area contributed by atoms with Gasteiger partial charge in [-0.05, 0) is 19.4 Å². The SMILES string of the molecule is CCCC(Nc1cnc(C(N)=O)c(Nc2ccc(OC)nc2)n1)C(C)N. The van der Waals surface area contributed by atoms with Crippen LogP contribution in [-0.4, -0.2) is 40.1 Å². The molecule has 9 heteroatoms. The summed E-state index contributed by atoms with van der Waals surface area (Å²) >= 11 is 0. The van der Waals surface area contributed by atoms with Crippen molar-refractivity contribution in [3.05, 3.63) is 30.2 Å². The molecular formula is C17H25N7O2. The first-order chi connectivity index (χ1) is 12.4. The van der Waals surface area contributed by atoms with Gasteiger partial charge in [-0.25, -0.2) is 15.0 Å². The van der Waals surface area contributed by atoms with Crippen LogP contribution in [0.1, 0.15) is 37.2 Å². The molecule has 140 valence electrons. The molecule has 0 saturated heterocycles. The molecule has 0 aliphatic rings. The smallest absolute Gasteiger partial charge is 0.271 e. The normalized spacial score (nSPS) is 12.9. The summed E-state index contributed by atoms with van der Waals surface area (Å²) in [5, 5.41) is 6.28. The van der Waals surface area contributed by atoms with E-state index in [2.05, 4.69) is 32.5 Å². The van der Waals surface area contributed by atoms with Crippen LogP contribution in [0.15, 0.2) is 24.5 Å². The number of nitrogens with two attached hydrogens (primary N) is 2. The molecule has 2 aromatic rings. The minimum atomic E-state index is -0.676. The summed E-state index contributed by atoms with van der Waals surface area (Å²) in [5.74, 6) is 0.556. The fourth-order valence-corrected chi connectivity index (χ4v) is 2.41. The van der Waals surface area contributed by atoms with Crippen LogP contribution in [-0.2, 0) is 0 Å². The van der Waals surface area contributed by atoms with Gasteiger partial charge in [0.15, 0.2) is 11.5 Å². The van der Waals surface area contributed by atoms with Crippen LogP contribution < -0.4 is 26.8 Å². The molecule has 1 amide bonds. The average Bonchev–Trinajstić information content (AvgIpc) is 2.62. The van der Waals surface area contributed by atoms with Gasteiger partial charge in [0, 0.05) is 18.2 Å². The Hall–Kier alpha value is -2.94. The molecule has 0 spiro atoms. The van der Waals surface area contributed by atoms with Gasteiger partial charge in [0.2, 0.25) is 5.88 Å². The summed E-state index contributed by atoms with van der Waals surface area (Å²) in [7, 11) is 1.53. The number of nitrogens with one attached hydrogen (secondary N) is 2. The summed E-state index contributed by atoms with van der Waals surface area (Å²) < 4.78 is 5.03. The summed E-state index contributed by atoms with van der Waals surface area (Å²) in [6.45, 7) is 4.02. The van der Waals surface area contributed by atoms with Gasteiger partial charge in [0.05, 0.1) is 25.2 Å². The molecule has 2 unspecified atom stereocenters. The number of primary amides is 1. The summed E-state index contributed by atoms with van der Waals surface area (Å²) in [4.78, 5) is 24.3. The van der Waals surface area contributed by atoms with Crippen LogP contribution in [0.3, 0.4) is 0 Å². The zero-order valence-electron chi connectivity index (χ0n) is 15.2. The Morgan fingerprint density at radius 3 is 2.62 bits per heavy atom. The number of aromatic nitrogens is 3. The zero-order chi connectivity index (χ0) is 19.1. The molecule has 2 aromatic heterocycles. The standard InChI is InChI=1S/C17H25N7O2/c1-4-5-12(10(2)18)23-13-9-21-15(16(19)25)17(24-13)22-11-6-7-14(26-3)20-8-11/h6-10,12H,4-5,18H2,1-3H3,(H2,19,25)(H2,22,23,24). The van der Waals surface area contributed by atoms with Crippen LogP contribution in [0.25, 0.3) is 0 Å². The highest BCUT2D eigenvalue weighted by molar-refractivity contribution is 5.96. The van der Waals surface area contributed by atoms with E-state index in [0.29, 0.717) is 17.4 Å². The largest absolute Gasteiger partial charge is 0.481 e. The molecule has 2 rings (SSSR count). The summed E-state index contributed by atoms with van der Waals surface area (Å²) in [6.07, 6.45) is 4.91. The second-order valence-electron chi connectivity index (χ2n) is 5.93. The molecule has 6 N–H and O–H groups in total. The van der Waals surface area contributed by atoms with Crippen LogP contribution in [0.2, 0.25) is 0 Å². The molecule has 0 aliphatic heterocycles. The van der Waals surface area contributed by atoms with Crippen LogP contribution in [0, 0.1) is 0 Å². The maximum atomic E-state index is 11.7. The van der Waals surface area contributed by atoms with Crippen molar-refractivity contribution < 1.29 is 9.53 Å². The number of carbonyl (C=O) groups is 1. The molecular weight excluding hydrogens is 334 g/mol. The molecule has 0 fully saturated rings. The first-order valence-corrected chi connectivity index (χ1v) is 8.40. The number of amides is 1. The van der Waals surface area contributed by atoms with Crippen molar-refractivity contribution in [3.8, 4) is 5.88 Å². The molecule has 9 nitrogen and oxygen atoms in total. The van der Waals surface area contributed by atoms with E-state index in [1.54, 1.807) is 18.3 Å². The molecule has 0 radical (unpaired) electrons. The Bertz CT molecular complexity index is 734. The highest BCUT2D eigenvalue weighted by Crippen LogP contribution is 2.21. The Morgan fingerprint density at radius 1 is 1.31 bits per heavy atom. The Labute approximate surface area is 152 Å². The molecule has 0 aliphatic carbocycles. The van der Waals surface area contributed by atoms with Gasteiger partial charge in [0.25, 0.3) is 5.91 Å². The maximum absolute atomic E-state index is 11.7. The minimum Gasteiger partial charge on any atom is -0.481 e. The van der Waals surface area contributed by atoms with Gasteiger partial charge in [-0.3, -0.25) is 4.79 Å². The maximum Gasteiger partial charge on any atom is 0.271 e. The van der Waals surface area contributed by atoms with Crippen LogP contribution in [0.5, 0.6) is 5.88 Å². The first kappa shape index (κ1) is 19.4. The second-order valence-corrected chi connectivity index (χ2v) is 5.93. The van der Waals surface area contributed by atoms with Gasteiger partial charge in [-0.2, -0.15) is 0 Å². The minimum absolute atomic E-state index is 0.0409. The highest BCUT2D eigenvalue weighted by Gasteiger charge is 2.17. The Kier molecular flexibility index (Phi) is 6.67. The Morgan fingerprint density at radius 2 is 2.08 bits per heavy atom. The summed E-state index contributed by atoms with van der Waals surface area (Å²) in [6, 6.07) is 3.43. The van der Waals surface area contributed by atoms with Crippen molar-refractivity contribution in [1.29, 1.82) is 0 Å². The highest BCUT2D eigenvalue weighted by atomic mass is 16.5. The lowest BCUT2D eigenvalue weighted by Gasteiger charge is -2.22. The fraction of sp³-hybridized carbons (Fsp3) is 0.412. The van der Waals surface area contributed by atoms with Crippen molar-refractivity contribution in [2.45, 2.75) is 38.8 Å². The van der Waals surface area contributed by atoms with E-state index >= 15 is 0 Å². The van der Waals surface area contributed by atoms with Gasteiger partial charge < -0.3 is 26.8 Å². The van der Waals surface area contributed by atoms with E-state index in [4.69, 9.17) is 16.2 Å². The van der Waals surface area contributed by atoms with Gasteiger partial charge in [0.1, 0.15) is 5.82 Å². The third-order valence-corrected chi connectivity index (χ3v) is 3.78. The number of hydrogen-bond acceptors (Lipinski definition) is 8. The number of anilines is 3. The van der Waals surface area contributed by atoms with E-state index in [1.807, 2.05) is 6.92 Å². The predicted octanol–water partition coefficient (Wildman–Crippen LogP) is 1.65. The van der Waals surface area contributed by atoms with Gasteiger partial charge in [-0.15, -0.1) is 0 Å². The van der Waals surface area contributed by atoms with Gasteiger partial charge >= 0.3 is 0 Å². The monoisotopic (exact) mass is 359 g/mol. The lowest BCUT2D eigenvalue weighted by molar-refractivity contribution is 0.0996. The number of rotatable bonds is 9. The molecule has 0 saturated carbocycles.